The van der Waals surface area contributed by atoms with Gasteiger partial charge in [-0.2, -0.15) is 0 Å². The second kappa shape index (κ2) is 6.13. The summed E-state index contributed by atoms with van der Waals surface area (Å²) in [6.07, 6.45) is 0. The van der Waals surface area contributed by atoms with Crippen LogP contribution in [0.1, 0.15) is 18.1 Å². The number of carbonyl (C=O) groups excluding carboxylic acids is 1. The first-order chi connectivity index (χ1) is 9.91. The zero-order valence-electron chi connectivity index (χ0n) is 12.2. The number of hydrogen-bond donors (Lipinski definition) is 3. The molecular formula is C15H20N2O4. The van der Waals surface area contributed by atoms with E-state index in [-0.39, 0.29) is 19.2 Å². The van der Waals surface area contributed by atoms with E-state index in [0.717, 1.165) is 11.1 Å². The number of aryl methyl sites for hydroxylation is 1. The van der Waals surface area contributed by atoms with E-state index in [1.54, 1.807) is 6.92 Å². The van der Waals surface area contributed by atoms with Gasteiger partial charge in [0, 0.05) is 6.54 Å². The Bertz CT molecular complexity index is 546. The Kier molecular flexibility index (Phi) is 4.47. The Morgan fingerprint density at radius 1 is 1.48 bits per heavy atom. The molecule has 1 aromatic rings. The second-order valence-electron chi connectivity index (χ2n) is 5.61. The zero-order chi connectivity index (χ0) is 15.5. The first-order valence-electron chi connectivity index (χ1n) is 6.83. The summed E-state index contributed by atoms with van der Waals surface area (Å²) in [5, 5.41) is 14.7. The SMILES string of the molecule is Cc1cccc(CNC(=O)NC2COCC2(C)C(=O)O)c1. The monoisotopic (exact) mass is 292 g/mol. The maximum atomic E-state index is 11.9. The lowest BCUT2D eigenvalue weighted by Crippen LogP contribution is -2.52. The molecule has 0 aromatic heterocycles. The Hall–Kier alpha value is -2.08. The van der Waals surface area contributed by atoms with Crippen molar-refractivity contribution >= 4 is 12.0 Å². The van der Waals surface area contributed by atoms with Crippen molar-refractivity contribution in [2.24, 2.45) is 5.41 Å². The zero-order valence-corrected chi connectivity index (χ0v) is 12.2. The van der Waals surface area contributed by atoms with Crippen LogP contribution < -0.4 is 10.6 Å². The minimum Gasteiger partial charge on any atom is -0.481 e. The van der Waals surface area contributed by atoms with Gasteiger partial charge in [0.15, 0.2) is 0 Å². The summed E-state index contributed by atoms with van der Waals surface area (Å²) in [6, 6.07) is 6.90. The number of urea groups is 1. The predicted octanol–water partition coefficient (Wildman–Crippen LogP) is 1.28. The van der Waals surface area contributed by atoms with E-state index in [0.29, 0.717) is 6.54 Å². The van der Waals surface area contributed by atoms with E-state index in [9.17, 15) is 14.7 Å². The van der Waals surface area contributed by atoms with Crippen molar-refractivity contribution in [2.75, 3.05) is 13.2 Å². The molecule has 0 saturated carbocycles. The molecule has 1 aliphatic heterocycles. The molecule has 1 fully saturated rings. The molecule has 1 heterocycles. The van der Waals surface area contributed by atoms with Crippen molar-refractivity contribution in [3.05, 3.63) is 35.4 Å². The van der Waals surface area contributed by atoms with Gasteiger partial charge in [-0.25, -0.2) is 4.79 Å². The molecule has 1 saturated heterocycles. The molecule has 6 nitrogen and oxygen atoms in total. The van der Waals surface area contributed by atoms with E-state index >= 15 is 0 Å². The first-order valence-corrected chi connectivity index (χ1v) is 6.83. The van der Waals surface area contributed by atoms with Gasteiger partial charge >= 0.3 is 12.0 Å². The Labute approximate surface area is 123 Å². The summed E-state index contributed by atoms with van der Waals surface area (Å²) in [7, 11) is 0. The molecule has 2 atom stereocenters. The lowest BCUT2D eigenvalue weighted by atomic mass is 9.85. The number of nitrogens with one attached hydrogen (secondary N) is 2. The van der Waals surface area contributed by atoms with E-state index in [1.807, 2.05) is 31.2 Å². The lowest BCUT2D eigenvalue weighted by Gasteiger charge is -2.25. The number of carboxylic acid groups (broad SMARTS) is 1. The fourth-order valence-corrected chi connectivity index (χ4v) is 2.30. The van der Waals surface area contributed by atoms with Crippen LogP contribution in [0.25, 0.3) is 0 Å². The van der Waals surface area contributed by atoms with Gasteiger partial charge in [0.05, 0.1) is 19.3 Å². The van der Waals surface area contributed by atoms with Crippen LogP contribution in [-0.4, -0.2) is 36.4 Å². The van der Waals surface area contributed by atoms with E-state index in [4.69, 9.17) is 4.74 Å². The van der Waals surface area contributed by atoms with Crippen LogP contribution in [0.2, 0.25) is 0 Å². The highest BCUT2D eigenvalue weighted by Crippen LogP contribution is 2.28. The van der Waals surface area contributed by atoms with Gasteiger partial charge in [-0.3, -0.25) is 4.79 Å². The molecule has 2 amide bonds. The molecule has 0 radical (unpaired) electrons. The summed E-state index contributed by atoms with van der Waals surface area (Å²) < 4.78 is 5.19. The molecule has 114 valence electrons. The molecule has 1 aromatic carbocycles. The molecule has 2 rings (SSSR count). The number of benzene rings is 1. The van der Waals surface area contributed by atoms with E-state index in [1.165, 1.54) is 0 Å². The minimum absolute atomic E-state index is 0.102. The average molecular weight is 292 g/mol. The summed E-state index contributed by atoms with van der Waals surface area (Å²) >= 11 is 0. The van der Waals surface area contributed by atoms with Crippen molar-refractivity contribution in [3.8, 4) is 0 Å². The number of carboxylic acids is 1. The molecule has 21 heavy (non-hydrogen) atoms. The number of ether oxygens (including phenoxy) is 1. The maximum Gasteiger partial charge on any atom is 0.315 e. The normalized spacial score (nSPS) is 24.6. The topological polar surface area (TPSA) is 87.7 Å². The molecule has 0 aliphatic carbocycles. The lowest BCUT2D eigenvalue weighted by molar-refractivity contribution is -0.148. The molecule has 1 aliphatic rings. The van der Waals surface area contributed by atoms with Crippen molar-refractivity contribution in [2.45, 2.75) is 26.4 Å². The van der Waals surface area contributed by atoms with Crippen LogP contribution in [0.4, 0.5) is 4.79 Å². The van der Waals surface area contributed by atoms with Crippen molar-refractivity contribution in [1.82, 2.24) is 10.6 Å². The van der Waals surface area contributed by atoms with Gasteiger partial charge in [-0.05, 0) is 19.4 Å². The quantitative estimate of drug-likeness (QED) is 0.780. The van der Waals surface area contributed by atoms with Gasteiger partial charge < -0.3 is 20.5 Å². The Balaban J connectivity index is 1.89. The Morgan fingerprint density at radius 3 is 2.90 bits per heavy atom. The van der Waals surface area contributed by atoms with Crippen molar-refractivity contribution in [1.29, 1.82) is 0 Å². The minimum atomic E-state index is -1.08. The summed E-state index contributed by atoms with van der Waals surface area (Å²) in [5.41, 5.74) is 1.03. The molecule has 3 N–H and O–H groups in total. The van der Waals surface area contributed by atoms with Gasteiger partial charge in [0.25, 0.3) is 0 Å². The average Bonchev–Trinajstić information content (AvgIpc) is 2.79. The highest BCUT2D eigenvalue weighted by Gasteiger charge is 2.47. The van der Waals surface area contributed by atoms with Crippen LogP contribution in [0.5, 0.6) is 0 Å². The standard InChI is InChI=1S/C15H20N2O4/c1-10-4-3-5-11(6-10)7-16-14(20)17-12-8-21-9-15(12,2)13(18)19/h3-6,12H,7-9H2,1-2H3,(H,18,19)(H2,16,17,20). The fourth-order valence-electron chi connectivity index (χ4n) is 2.30. The van der Waals surface area contributed by atoms with Crippen LogP contribution in [-0.2, 0) is 16.1 Å². The van der Waals surface area contributed by atoms with Gasteiger partial charge in [-0.15, -0.1) is 0 Å². The third-order valence-corrected chi connectivity index (χ3v) is 3.78. The fraction of sp³-hybridized carbons (Fsp3) is 0.467. The third-order valence-electron chi connectivity index (χ3n) is 3.78. The van der Waals surface area contributed by atoms with Crippen LogP contribution in [0.3, 0.4) is 0 Å². The number of rotatable bonds is 4. The molecule has 0 spiro atoms. The van der Waals surface area contributed by atoms with Crippen molar-refractivity contribution in [3.63, 3.8) is 0 Å². The van der Waals surface area contributed by atoms with Crippen LogP contribution in [0, 0.1) is 12.3 Å². The van der Waals surface area contributed by atoms with Crippen LogP contribution >= 0.6 is 0 Å². The van der Waals surface area contributed by atoms with Crippen molar-refractivity contribution < 1.29 is 19.4 Å². The second-order valence-corrected chi connectivity index (χ2v) is 5.61. The third kappa shape index (κ3) is 3.52. The smallest absolute Gasteiger partial charge is 0.315 e. The largest absolute Gasteiger partial charge is 0.481 e. The number of carbonyl (C=O) groups is 2. The number of amides is 2. The highest BCUT2D eigenvalue weighted by molar-refractivity contribution is 5.79. The van der Waals surface area contributed by atoms with Gasteiger partial charge in [0.2, 0.25) is 0 Å². The van der Waals surface area contributed by atoms with Gasteiger partial charge in [0.1, 0.15) is 5.41 Å². The van der Waals surface area contributed by atoms with E-state index in [2.05, 4.69) is 10.6 Å². The first kappa shape index (κ1) is 15.3. The number of hydrogen-bond acceptors (Lipinski definition) is 3. The van der Waals surface area contributed by atoms with Gasteiger partial charge in [-0.1, -0.05) is 29.8 Å². The summed E-state index contributed by atoms with van der Waals surface area (Å²) in [5.74, 6) is -0.969. The number of aliphatic carboxylic acids is 1. The highest BCUT2D eigenvalue weighted by atomic mass is 16.5. The predicted molar refractivity (Wildman–Crippen MR) is 76.9 cm³/mol. The maximum absolute atomic E-state index is 11.9. The molecule has 2 unspecified atom stereocenters. The van der Waals surface area contributed by atoms with Crippen LogP contribution in [0.15, 0.2) is 24.3 Å². The molecular weight excluding hydrogens is 272 g/mol. The molecule has 0 bridgehead atoms. The summed E-state index contributed by atoms with van der Waals surface area (Å²) in [4.78, 5) is 23.2. The molecule has 6 heteroatoms. The summed E-state index contributed by atoms with van der Waals surface area (Å²) in [6.45, 7) is 4.27. The Morgan fingerprint density at radius 2 is 2.24 bits per heavy atom. The van der Waals surface area contributed by atoms with E-state index < -0.39 is 17.4 Å².